The largest absolute Gasteiger partial charge is 0.342 e. The van der Waals surface area contributed by atoms with E-state index in [0.717, 1.165) is 0 Å². The van der Waals surface area contributed by atoms with Crippen molar-refractivity contribution in [2.45, 2.75) is 26.2 Å². The first-order valence-electron chi connectivity index (χ1n) is 7.53. The van der Waals surface area contributed by atoms with Gasteiger partial charge in [-0.3, -0.25) is 20.2 Å². The second-order valence-corrected chi connectivity index (χ2v) is 8.61. The van der Waals surface area contributed by atoms with Crippen LogP contribution < -0.4 is 5.32 Å². The van der Waals surface area contributed by atoms with Crippen molar-refractivity contribution >= 4 is 80.8 Å². The topological polar surface area (TPSA) is 98.3 Å². The summed E-state index contributed by atoms with van der Waals surface area (Å²) < 4.78 is 0. The zero-order chi connectivity index (χ0) is 21.5. The van der Waals surface area contributed by atoms with E-state index in [-0.39, 0.29) is 30.8 Å². The quantitative estimate of drug-likeness (QED) is 0.205. The zero-order valence-corrected chi connectivity index (χ0v) is 18.4. The molecule has 2 aromatic carbocycles. The molecule has 1 N–H and O–H groups in total. The van der Waals surface area contributed by atoms with Crippen LogP contribution in [0.2, 0.25) is 25.1 Å². The number of hydrogen-bond acceptors (Lipinski definition) is 5. The van der Waals surface area contributed by atoms with Crippen LogP contribution in [-0.2, 0) is 5.41 Å². The molecule has 0 saturated carbocycles. The second-order valence-electron chi connectivity index (χ2n) is 6.72. The molecule has 28 heavy (non-hydrogen) atoms. The Hall–Kier alpha value is -1.51. The number of hydrogen-bond donors (Lipinski definition) is 1. The predicted molar refractivity (Wildman–Crippen MR) is 113 cm³/mol. The summed E-state index contributed by atoms with van der Waals surface area (Å²) in [4.78, 5) is 21.8. The van der Waals surface area contributed by atoms with Gasteiger partial charge in [-0.15, -0.1) is 0 Å². The molecule has 0 bridgehead atoms. The standard InChI is InChI=1S/C16H12Cl5N3O4/c1-16(2,3)6-4-7(23(25)26)14(8(5-6)24(27)28)22-15-12(20)10(18)9(17)11(19)13(15)21/h4-5,22H,1-3H3. The molecule has 150 valence electrons. The van der Waals surface area contributed by atoms with E-state index in [1.165, 1.54) is 12.1 Å². The van der Waals surface area contributed by atoms with Crippen molar-refractivity contribution < 1.29 is 9.85 Å². The van der Waals surface area contributed by atoms with Crippen molar-refractivity contribution in [2.24, 2.45) is 0 Å². The maximum Gasteiger partial charge on any atom is 0.300 e. The molecule has 0 aliphatic carbocycles. The summed E-state index contributed by atoms with van der Waals surface area (Å²) in [5.41, 5.74) is -1.79. The number of benzene rings is 2. The molecular weight excluding hydrogens is 475 g/mol. The van der Waals surface area contributed by atoms with E-state index in [9.17, 15) is 20.2 Å². The van der Waals surface area contributed by atoms with Crippen LogP contribution in [0.5, 0.6) is 0 Å². The van der Waals surface area contributed by atoms with Crippen LogP contribution in [0.25, 0.3) is 0 Å². The minimum absolute atomic E-state index is 0.115. The highest BCUT2D eigenvalue weighted by Gasteiger charge is 2.32. The van der Waals surface area contributed by atoms with Gasteiger partial charge in [-0.2, -0.15) is 0 Å². The molecule has 0 amide bonds. The van der Waals surface area contributed by atoms with Crippen molar-refractivity contribution in [3.05, 3.63) is 63.0 Å². The molecule has 7 nitrogen and oxygen atoms in total. The molecule has 0 spiro atoms. The normalized spacial score (nSPS) is 11.4. The highest BCUT2D eigenvalue weighted by Crippen LogP contribution is 2.50. The Morgan fingerprint density at radius 2 is 1.11 bits per heavy atom. The summed E-state index contributed by atoms with van der Waals surface area (Å²) in [5.74, 6) is 0. The van der Waals surface area contributed by atoms with Crippen molar-refractivity contribution in [3.8, 4) is 0 Å². The molecule has 0 aliphatic heterocycles. The Morgan fingerprint density at radius 1 is 0.750 bits per heavy atom. The smallest absolute Gasteiger partial charge is 0.300 e. The Labute approximate surface area is 184 Å². The minimum atomic E-state index is -0.745. The minimum Gasteiger partial charge on any atom is -0.342 e. The fourth-order valence-electron chi connectivity index (χ4n) is 2.30. The average Bonchev–Trinajstić information content (AvgIpc) is 2.60. The van der Waals surface area contributed by atoms with Gasteiger partial charge in [0.25, 0.3) is 11.4 Å². The van der Waals surface area contributed by atoms with E-state index < -0.39 is 32.3 Å². The molecule has 2 aromatic rings. The first-order valence-corrected chi connectivity index (χ1v) is 9.42. The molecular formula is C16H12Cl5N3O4. The number of nitrogens with one attached hydrogen (secondary N) is 1. The van der Waals surface area contributed by atoms with Crippen LogP contribution in [0.3, 0.4) is 0 Å². The Bertz CT molecular complexity index is 941. The summed E-state index contributed by atoms with van der Waals surface area (Å²) in [7, 11) is 0. The fraction of sp³-hybridized carbons (Fsp3) is 0.250. The van der Waals surface area contributed by atoms with Crippen molar-refractivity contribution in [1.29, 1.82) is 0 Å². The molecule has 0 radical (unpaired) electrons. The second kappa shape index (κ2) is 8.08. The molecule has 0 atom stereocenters. The number of nitrogens with zero attached hydrogens (tertiary/aromatic N) is 2. The van der Waals surface area contributed by atoms with Crippen molar-refractivity contribution in [2.75, 3.05) is 5.32 Å². The summed E-state index contributed by atoms with van der Waals surface area (Å²) in [5, 5.41) is 25.0. The number of rotatable bonds is 4. The molecule has 2 rings (SSSR count). The SMILES string of the molecule is CC(C)(C)c1cc([N+](=O)[O-])c(Nc2c(Cl)c(Cl)c(Cl)c(Cl)c2Cl)c([N+](=O)[O-])c1. The van der Waals surface area contributed by atoms with Crippen LogP contribution in [0.15, 0.2) is 12.1 Å². The van der Waals surface area contributed by atoms with Crippen molar-refractivity contribution in [1.82, 2.24) is 0 Å². The molecule has 0 aromatic heterocycles. The number of nitro groups is 2. The lowest BCUT2D eigenvalue weighted by Crippen LogP contribution is -2.13. The van der Waals surface area contributed by atoms with Crippen molar-refractivity contribution in [3.63, 3.8) is 0 Å². The zero-order valence-electron chi connectivity index (χ0n) is 14.6. The van der Waals surface area contributed by atoms with Crippen LogP contribution in [0, 0.1) is 20.2 Å². The molecule has 0 fully saturated rings. The molecule has 0 unspecified atom stereocenters. The van der Waals surface area contributed by atoms with Crippen LogP contribution in [-0.4, -0.2) is 9.85 Å². The Morgan fingerprint density at radius 3 is 1.43 bits per heavy atom. The van der Waals surface area contributed by atoms with Gasteiger partial charge in [0.1, 0.15) is 0 Å². The van der Waals surface area contributed by atoms with E-state index >= 15 is 0 Å². The van der Waals surface area contributed by atoms with Gasteiger partial charge in [0, 0.05) is 12.1 Å². The van der Waals surface area contributed by atoms with Gasteiger partial charge in [0.15, 0.2) is 5.69 Å². The highest BCUT2D eigenvalue weighted by molar-refractivity contribution is 6.56. The summed E-state index contributed by atoms with van der Waals surface area (Å²) >= 11 is 30.2. The maximum atomic E-state index is 11.6. The maximum absolute atomic E-state index is 11.6. The third-order valence-corrected chi connectivity index (χ3v) is 6.09. The van der Waals surface area contributed by atoms with Gasteiger partial charge < -0.3 is 5.32 Å². The van der Waals surface area contributed by atoms with Crippen LogP contribution in [0.4, 0.5) is 22.7 Å². The van der Waals surface area contributed by atoms with Gasteiger partial charge in [-0.25, -0.2) is 0 Å². The van der Waals surface area contributed by atoms with Gasteiger partial charge in [-0.05, 0) is 11.0 Å². The highest BCUT2D eigenvalue weighted by atomic mass is 35.5. The van der Waals surface area contributed by atoms with E-state index in [2.05, 4.69) is 5.32 Å². The van der Waals surface area contributed by atoms with Gasteiger partial charge >= 0.3 is 0 Å². The predicted octanol–water partition coefficient (Wildman–Crippen LogP) is 7.81. The monoisotopic (exact) mass is 485 g/mol. The van der Waals surface area contributed by atoms with Crippen LogP contribution >= 0.6 is 58.0 Å². The van der Waals surface area contributed by atoms with E-state index in [0.29, 0.717) is 5.56 Å². The third kappa shape index (κ3) is 4.23. The molecule has 12 heteroatoms. The first kappa shape index (κ1) is 22.8. The lowest BCUT2D eigenvalue weighted by molar-refractivity contribution is -0.392. The molecule has 0 heterocycles. The van der Waals surface area contributed by atoms with Gasteiger partial charge in [0.2, 0.25) is 0 Å². The van der Waals surface area contributed by atoms with E-state index in [1.54, 1.807) is 20.8 Å². The lowest BCUT2D eigenvalue weighted by atomic mass is 9.86. The Balaban J connectivity index is 2.84. The summed E-state index contributed by atoms with van der Waals surface area (Å²) in [6.07, 6.45) is 0. The Kier molecular flexibility index (Phi) is 6.57. The average molecular weight is 488 g/mol. The first-order chi connectivity index (χ1) is 12.8. The summed E-state index contributed by atoms with van der Waals surface area (Å²) in [6, 6.07) is 2.49. The number of anilines is 2. The lowest BCUT2D eigenvalue weighted by Gasteiger charge is -2.20. The van der Waals surface area contributed by atoms with E-state index in [1.807, 2.05) is 0 Å². The molecule has 0 aliphatic rings. The van der Waals surface area contributed by atoms with Gasteiger partial charge in [0.05, 0.1) is 40.6 Å². The number of halogens is 5. The third-order valence-electron chi connectivity index (χ3n) is 3.82. The fourth-order valence-corrected chi connectivity index (χ4v) is 3.53. The number of nitro benzene ring substituents is 2. The summed E-state index contributed by atoms with van der Waals surface area (Å²) in [6.45, 7) is 5.32. The van der Waals surface area contributed by atoms with Crippen LogP contribution in [0.1, 0.15) is 26.3 Å². The molecule has 0 saturated heterocycles. The van der Waals surface area contributed by atoms with E-state index in [4.69, 9.17) is 58.0 Å². The van der Waals surface area contributed by atoms with Gasteiger partial charge in [-0.1, -0.05) is 78.8 Å².